The molecule has 19 heavy (non-hydrogen) atoms. The van der Waals surface area contributed by atoms with Crippen LogP contribution in [0.15, 0.2) is 29.0 Å². The molecule has 1 unspecified atom stereocenters. The molecule has 3 aromatic rings. The van der Waals surface area contributed by atoms with Gasteiger partial charge < -0.3 is 14.1 Å². The van der Waals surface area contributed by atoms with Crippen molar-refractivity contribution in [3.63, 3.8) is 0 Å². The van der Waals surface area contributed by atoms with E-state index in [9.17, 15) is 0 Å². The first-order valence-corrected chi connectivity index (χ1v) is 7.01. The predicted molar refractivity (Wildman–Crippen MR) is 79.6 cm³/mol. The lowest BCUT2D eigenvalue weighted by molar-refractivity contribution is 0.581. The number of rotatable bonds is 2. The molecule has 0 saturated heterocycles. The van der Waals surface area contributed by atoms with E-state index in [2.05, 4.69) is 42.6 Å². The average molecular weight is 338 g/mol. The van der Waals surface area contributed by atoms with Gasteiger partial charge in [-0.15, -0.1) is 10.2 Å². The Hall–Kier alpha value is -1.47. The Kier molecular flexibility index (Phi) is 3.02. The molecule has 5 nitrogen and oxygen atoms in total. The maximum Gasteiger partial charge on any atom is 0.178 e. The summed E-state index contributed by atoms with van der Waals surface area (Å²) in [6.07, 6.45) is 1.70. The van der Waals surface area contributed by atoms with Crippen molar-refractivity contribution in [3.05, 3.63) is 39.6 Å². The van der Waals surface area contributed by atoms with Crippen molar-refractivity contribution in [2.75, 3.05) is 0 Å². The van der Waals surface area contributed by atoms with Crippen molar-refractivity contribution in [1.82, 2.24) is 24.3 Å². The topological polar surface area (TPSA) is 51.4 Å². The molecule has 2 heterocycles. The van der Waals surface area contributed by atoms with E-state index in [4.69, 9.17) is 12.2 Å². The van der Waals surface area contributed by atoms with Crippen LogP contribution in [0.25, 0.3) is 11.0 Å². The molecule has 0 aliphatic heterocycles. The highest BCUT2D eigenvalue weighted by Crippen LogP contribution is 2.25. The first-order chi connectivity index (χ1) is 9.08. The molecular weight excluding hydrogens is 326 g/mol. The minimum absolute atomic E-state index is 0.0231. The molecule has 3 rings (SSSR count). The number of nitrogens with zero attached hydrogens (tertiary/aromatic N) is 4. The second kappa shape index (κ2) is 4.57. The molecule has 98 valence electrons. The fourth-order valence-corrected chi connectivity index (χ4v) is 3.00. The SMILES string of the molecule is CC(c1nncn1C)n1c(=S)[nH]c2cc(Br)ccc21. The van der Waals surface area contributed by atoms with E-state index in [1.165, 1.54) is 0 Å². The van der Waals surface area contributed by atoms with Crippen LogP contribution in [0.5, 0.6) is 0 Å². The summed E-state index contributed by atoms with van der Waals surface area (Å²) in [4.78, 5) is 3.22. The van der Waals surface area contributed by atoms with Crippen LogP contribution in [-0.2, 0) is 7.05 Å². The van der Waals surface area contributed by atoms with Gasteiger partial charge in [-0.25, -0.2) is 0 Å². The summed E-state index contributed by atoms with van der Waals surface area (Å²) >= 11 is 8.89. The maximum absolute atomic E-state index is 5.42. The second-order valence-corrected chi connectivity index (χ2v) is 5.74. The third-order valence-corrected chi connectivity index (χ3v) is 3.98. The fourth-order valence-electron chi connectivity index (χ4n) is 2.27. The molecule has 0 bridgehead atoms. The molecular formula is C12H12BrN5S. The van der Waals surface area contributed by atoms with Crippen LogP contribution in [-0.4, -0.2) is 24.3 Å². The van der Waals surface area contributed by atoms with E-state index in [1.54, 1.807) is 6.33 Å². The molecule has 0 aliphatic rings. The van der Waals surface area contributed by atoms with E-state index in [0.29, 0.717) is 4.77 Å². The number of H-pyrrole nitrogens is 1. The van der Waals surface area contributed by atoms with Gasteiger partial charge in [-0.3, -0.25) is 0 Å². The summed E-state index contributed by atoms with van der Waals surface area (Å²) in [5, 5.41) is 8.08. The van der Waals surface area contributed by atoms with Crippen LogP contribution in [0.3, 0.4) is 0 Å². The van der Waals surface area contributed by atoms with E-state index in [1.807, 2.05) is 29.8 Å². The molecule has 0 amide bonds. The highest BCUT2D eigenvalue weighted by Gasteiger charge is 2.17. The van der Waals surface area contributed by atoms with Gasteiger partial charge in [0.15, 0.2) is 10.6 Å². The van der Waals surface area contributed by atoms with Crippen molar-refractivity contribution < 1.29 is 0 Å². The number of hydrogen-bond donors (Lipinski definition) is 1. The summed E-state index contributed by atoms with van der Waals surface area (Å²) in [6, 6.07) is 6.09. The monoisotopic (exact) mass is 337 g/mol. The fraction of sp³-hybridized carbons (Fsp3) is 0.250. The zero-order valence-electron chi connectivity index (χ0n) is 10.5. The molecule has 7 heteroatoms. The zero-order valence-corrected chi connectivity index (χ0v) is 12.9. The van der Waals surface area contributed by atoms with Gasteiger partial charge in [0.1, 0.15) is 6.33 Å². The van der Waals surface area contributed by atoms with Crippen LogP contribution >= 0.6 is 28.1 Å². The van der Waals surface area contributed by atoms with E-state index < -0.39 is 0 Å². The number of nitrogens with one attached hydrogen (secondary N) is 1. The molecule has 1 aromatic carbocycles. The number of benzene rings is 1. The number of aryl methyl sites for hydroxylation is 1. The Morgan fingerprint density at radius 2 is 2.21 bits per heavy atom. The minimum atomic E-state index is 0.0231. The Balaban J connectivity index is 2.23. The molecule has 0 spiro atoms. The van der Waals surface area contributed by atoms with Gasteiger partial charge in [-0.1, -0.05) is 15.9 Å². The van der Waals surface area contributed by atoms with Gasteiger partial charge in [0.2, 0.25) is 0 Å². The molecule has 0 aliphatic carbocycles. The molecule has 0 radical (unpaired) electrons. The van der Waals surface area contributed by atoms with Crippen molar-refractivity contribution in [3.8, 4) is 0 Å². The van der Waals surface area contributed by atoms with Crippen LogP contribution in [0.1, 0.15) is 18.8 Å². The Bertz CT molecular complexity index is 800. The third-order valence-electron chi connectivity index (χ3n) is 3.19. The quantitative estimate of drug-likeness (QED) is 0.730. The molecule has 1 N–H and O–H groups in total. The number of hydrogen-bond acceptors (Lipinski definition) is 3. The van der Waals surface area contributed by atoms with E-state index in [-0.39, 0.29) is 6.04 Å². The first kappa shape index (κ1) is 12.6. The summed E-state index contributed by atoms with van der Waals surface area (Å²) in [5.41, 5.74) is 2.07. The molecule has 0 saturated carbocycles. The van der Waals surface area contributed by atoms with E-state index in [0.717, 1.165) is 21.3 Å². The zero-order chi connectivity index (χ0) is 13.6. The number of halogens is 1. The first-order valence-electron chi connectivity index (χ1n) is 5.81. The van der Waals surface area contributed by atoms with Gasteiger partial charge in [0.25, 0.3) is 0 Å². The van der Waals surface area contributed by atoms with Gasteiger partial charge in [-0.05, 0) is 37.3 Å². The maximum atomic E-state index is 5.42. The van der Waals surface area contributed by atoms with Crippen LogP contribution < -0.4 is 0 Å². The van der Waals surface area contributed by atoms with Gasteiger partial charge in [0, 0.05) is 11.5 Å². The standard InChI is InChI=1S/C12H12BrN5S/c1-7(11-16-14-6-17(11)2)18-10-4-3-8(13)5-9(10)15-12(18)19/h3-7H,1-2H3,(H,15,19). The van der Waals surface area contributed by atoms with Crippen LogP contribution in [0.4, 0.5) is 0 Å². The largest absolute Gasteiger partial charge is 0.331 e. The van der Waals surface area contributed by atoms with Crippen molar-refractivity contribution >= 4 is 39.2 Å². The summed E-state index contributed by atoms with van der Waals surface area (Å²) in [5.74, 6) is 0.875. The Labute approximate surface area is 123 Å². The van der Waals surface area contributed by atoms with Crippen molar-refractivity contribution in [2.24, 2.45) is 7.05 Å². The normalized spacial score (nSPS) is 13.0. The molecule has 1 atom stereocenters. The van der Waals surface area contributed by atoms with Gasteiger partial charge >= 0.3 is 0 Å². The predicted octanol–water partition coefficient (Wildman–Crippen LogP) is 3.20. The lowest BCUT2D eigenvalue weighted by Crippen LogP contribution is -2.12. The number of aromatic nitrogens is 5. The smallest absolute Gasteiger partial charge is 0.178 e. The van der Waals surface area contributed by atoms with Gasteiger partial charge in [0.05, 0.1) is 17.1 Å². The highest BCUT2D eigenvalue weighted by atomic mass is 79.9. The lowest BCUT2D eigenvalue weighted by atomic mass is 10.2. The summed E-state index contributed by atoms with van der Waals surface area (Å²) < 4.78 is 5.67. The summed E-state index contributed by atoms with van der Waals surface area (Å²) in [6.45, 7) is 2.06. The average Bonchev–Trinajstić information content (AvgIpc) is 2.90. The molecule has 2 aromatic heterocycles. The highest BCUT2D eigenvalue weighted by molar-refractivity contribution is 9.10. The summed E-state index contributed by atoms with van der Waals surface area (Å²) in [7, 11) is 1.93. The van der Waals surface area contributed by atoms with E-state index >= 15 is 0 Å². The van der Waals surface area contributed by atoms with Crippen molar-refractivity contribution in [1.29, 1.82) is 0 Å². The van der Waals surface area contributed by atoms with Crippen LogP contribution in [0.2, 0.25) is 0 Å². The number of fused-ring (bicyclic) bond motifs is 1. The lowest BCUT2D eigenvalue weighted by Gasteiger charge is -2.13. The number of imidazole rings is 1. The molecule has 0 fully saturated rings. The number of aromatic amines is 1. The Morgan fingerprint density at radius 3 is 2.89 bits per heavy atom. The second-order valence-electron chi connectivity index (χ2n) is 4.44. The van der Waals surface area contributed by atoms with Crippen LogP contribution in [0, 0.1) is 4.77 Å². The van der Waals surface area contributed by atoms with Crippen molar-refractivity contribution in [2.45, 2.75) is 13.0 Å². The Morgan fingerprint density at radius 1 is 1.42 bits per heavy atom. The van der Waals surface area contributed by atoms with Gasteiger partial charge in [-0.2, -0.15) is 0 Å². The minimum Gasteiger partial charge on any atom is -0.331 e. The third kappa shape index (κ3) is 2.02.